The maximum atomic E-state index is 10.8. The molecule has 0 bridgehead atoms. The van der Waals surface area contributed by atoms with Crippen molar-refractivity contribution in [3.05, 3.63) is 78.1 Å². The molecule has 0 amide bonds. The second-order valence-corrected chi connectivity index (χ2v) is 4.46. The fourth-order valence-electron chi connectivity index (χ4n) is 2.09. The van der Waals surface area contributed by atoms with Crippen LogP contribution in [0.5, 0.6) is 0 Å². The van der Waals surface area contributed by atoms with E-state index in [1.165, 1.54) is 10.8 Å². The molecule has 0 fully saturated rings. The number of hydrogen-bond donors (Lipinski definition) is 0. The number of cyclic esters (lactones) is 1. The molecule has 3 heteroatoms. The van der Waals surface area contributed by atoms with Gasteiger partial charge in [0.05, 0.1) is 5.56 Å². The van der Waals surface area contributed by atoms with Gasteiger partial charge in [0.1, 0.15) is 6.61 Å². The summed E-state index contributed by atoms with van der Waals surface area (Å²) in [6.07, 6.45) is 3.68. The molecule has 0 aliphatic carbocycles. The molecule has 0 saturated carbocycles. The molecule has 3 nitrogen and oxygen atoms in total. The van der Waals surface area contributed by atoms with Gasteiger partial charge in [-0.05, 0) is 22.9 Å². The summed E-state index contributed by atoms with van der Waals surface area (Å²) in [6, 6.07) is 17.6. The molecule has 2 aromatic carbocycles. The summed E-state index contributed by atoms with van der Waals surface area (Å²) in [5, 5.41) is 2.45. The molecule has 98 valence electrons. The van der Waals surface area contributed by atoms with Gasteiger partial charge in [-0.25, -0.2) is 4.79 Å². The number of aromatic nitrogens is 1. The lowest BCUT2D eigenvalue weighted by molar-refractivity contribution is 0.0535. The largest absolute Gasteiger partial charge is 0.457 e. The van der Waals surface area contributed by atoms with E-state index in [2.05, 4.69) is 17.1 Å². The van der Waals surface area contributed by atoms with Gasteiger partial charge in [0.25, 0.3) is 0 Å². The van der Waals surface area contributed by atoms with Gasteiger partial charge in [-0.2, -0.15) is 0 Å². The minimum absolute atomic E-state index is 0.199. The molecular formula is C17H13NO2. The number of nitrogens with zero attached hydrogens (tertiary/aromatic N) is 1. The molecule has 4 rings (SSSR count). The van der Waals surface area contributed by atoms with Crippen molar-refractivity contribution in [3.8, 4) is 0 Å². The number of pyridine rings is 1. The first kappa shape index (κ1) is 12.4. The van der Waals surface area contributed by atoms with E-state index in [9.17, 15) is 4.79 Å². The Morgan fingerprint density at radius 3 is 2.45 bits per heavy atom. The zero-order valence-electron chi connectivity index (χ0n) is 10.8. The van der Waals surface area contributed by atoms with Crippen LogP contribution in [0.25, 0.3) is 10.8 Å². The smallest absolute Gasteiger partial charge is 0.338 e. The number of ether oxygens (including phenoxy) is 1. The van der Waals surface area contributed by atoms with E-state index in [1.54, 1.807) is 6.07 Å². The van der Waals surface area contributed by atoms with Crippen LogP contribution in [-0.4, -0.2) is 11.0 Å². The molecule has 3 aromatic rings. The number of fused-ring (bicyclic) bond motifs is 2. The Bertz CT molecular complexity index is 687. The van der Waals surface area contributed by atoms with Crippen LogP contribution in [0.4, 0.5) is 0 Å². The quantitative estimate of drug-likeness (QED) is 0.582. The first-order valence-corrected chi connectivity index (χ1v) is 6.38. The number of carbonyl (C=O) groups excluding carboxylic acids is 1. The topological polar surface area (TPSA) is 39.2 Å². The van der Waals surface area contributed by atoms with Gasteiger partial charge < -0.3 is 4.74 Å². The van der Waals surface area contributed by atoms with Crippen molar-refractivity contribution in [2.75, 3.05) is 0 Å². The predicted molar refractivity (Wildman–Crippen MR) is 77.3 cm³/mol. The molecule has 0 radical (unpaired) electrons. The van der Waals surface area contributed by atoms with Crippen LogP contribution >= 0.6 is 0 Å². The molecule has 2 heterocycles. The third kappa shape index (κ3) is 2.52. The molecule has 0 atom stereocenters. The van der Waals surface area contributed by atoms with E-state index in [0.717, 1.165) is 5.56 Å². The van der Waals surface area contributed by atoms with Crippen LogP contribution in [0.3, 0.4) is 0 Å². The summed E-state index contributed by atoms with van der Waals surface area (Å²) in [7, 11) is 0. The second kappa shape index (κ2) is 5.53. The Balaban J connectivity index is 0.000000121. The molecule has 0 unspecified atom stereocenters. The minimum atomic E-state index is -0.199. The van der Waals surface area contributed by atoms with Crippen molar-refractivity contribution in [2.24, 2.45) is 0 Å². The lowest BCUT2D eigenvalue weighted by atomic mass is 10.1. The van der Waals surface area contributed by atoms with Crippen molar-refractivity contribution >= 4 is 16.7 Å². The van der Waals surface area contributed by atoms with Crippen LogP contribution < -0.4 is 0 Å². The summed E-state index contributed by atoms with van der Waals surface area (Å²) < 4.78 is 4.78. The Morgan fingerprint density at radius 1 is 0.900 bits per heavy atom. The van der Waals surface area contributed by atoms with Gasteiger partial charge in [0.15, 0.2) is 0 Å². The standard InChI is InChI=1S/C9H7N.C8H6O2/c1-2-4-9-7-10-6-5-8(9)3-1;9-8-7-4-2-1-3-6(7)5-10-8/h1-7H;1-4H,5H2. The lowest BCUT2D eigenvalue weighted by Crippen LogP contribution is -1.91. The Hall–Kier alpha value is -2.68. The highest BCUT2D eigenvalue weighted by atomic mass is 16.5. The van der Waals surface area contributed by atoms with Crippen molar-refractivity contribution < 1.29 is 9.53 Å². The SMILES string of the molecule is O=C1OCc2ccccc21.c1ccc2cnccc2c1. The van der Waals surface area contributed by atoms with Gasteiger partial charge in [-0.15, -0.1) is 0 Å². The number of carbonyl (C=O) groups is 1. The highest BCUT2D eigenvalue weighted by Crippen LogP contribution is 2.18. The van der Waals surface area contributed by atoms with Crippen LogP contribution in [0.15, 0.2) is 67.0 Å². The van der Waals surface area contributed by atoms with Gasteiger partial charge in [-0.1, -0.05) is 42.5 Å². The van der Waals surface area contributed by atoms with Crippen molar-refractivity contribution in [3.63, 3.8) is 0 Å². The molecule has 0 saturated heterocycles. The molecule has 1 aromatic heterocycles. The van der Waals surface area contributed by atoms with Gasteiger partial charge >= 0.3 is 5.97 Å². The third-order valence-electron chi connectivity index (χ3n) is 3.15. The monoisotopic (exact) mass is 263 g/mol. The Kier molecular flexibility index (Phi) is 3.42. The maximum absolute atomic E-state index is 10.8. The first-order chi connectivity index (χ1) is 9.84. The average molecular weight is 263 g/mol. The fraction of sp³-hybridized carbons (Fsp3) is 0.0588. The van der Waals surface area contributed by atoms with Gasteiger partial charge in [0, 0.05) is 18.0 Å². The Morgan fingerprint density at radius 2 is 1.65 bits per heavy atom. The molecule has 0 spiro atoms. The minimum Gasteiger partial charge on any atom is -0.457 e. The number of esters is 1. The van der Waals surface area contributed by atoms with Gasteiger partial charge in [0.2, 0.25) is 0 Å². The van der Waals surface area contributed by atoms with Crippen molar-refractivity contribution in [1.82, 2.24) is 4.98 Å². The summed E-state index contributed by atoms with van der Waals surface area (Å²) in [4.78, 5) is 14.9. The maximum Gasteiger partial charge on any atom is 0.338 e. The predicted octanol–water partition coefficient (Wildman–Crippen LogP) is 3.59. The zero-order valence-corrected chi connectivity index (χ0v) is 10.8. The normalized spacial score (nSPS) is 12.3. The van der Waals surface area contributed by atoms with Crippen LogP contribution in [-0.2, 0) is 11.3 Å². The van der Waals surface area contributed by atoms with Crippen LogP contribution in [0.1, 0.15) is 15.9 Å². The number of hydrogen-bond acceptors (Lipinski definition) is 3. The highest BCUT2D eigenvalue weighted by Gasteiger charge is 2.18. The van der Waals surface area contributed by atoms with Crippen LogP contribution in [0.2, 0.25) is 0 Å². The summed E-state index contributed by atoms with van der Waals surface area (Å²) in [5.74, 6) is -0.199. The van der Waals surface area contributed by atoms with E-state index in [-0.39, 0.29) is 5.97 Å². The highest BCUT2D eigenvalue weighted by molar-refractivity contribution is 5.93. The molecule has 0 N–H and O–H groups in total. The van der Waals surface area contributed by atoms with E-state index >= 15 is 0 Å². The number of benzene rings is 2. The Labute approximate surface area is 116 Å². The van der Waals surface area contributed by atoms with Crippen LogP contribution in [0, 0.1) is 0 Å². The van der Waals surface area contributed by atoms with Crippen molar-refractivity contribution in [2.45, 2.75) is 6.61 Å². The first-order valence-electron chi connectivity index (χ1n) is 6.38. The third-order valence-corrected chi connectivity index (χ3v) is 3.15. The fourth-order valence-corrected chi connectivity index (χ4v) is 2.09. The summed E-state index contributed by atoms with van der Waals surface area (Å²) in [6.45, 7) is 0.439. The van der Waals surface area contributed by atoms with E-state index in [4.69, 9.17) is 4.74 Å². The zero-order chi connectivity index (χ0) is 13.8. The van der Waals surface area contributed by atoms with E-state index in [1.807, 2.05) is 48.8 Å². The average Bonchev–Trinajstić information content (AvgIpc) is 2.90. The molecular weight excluding hydrogens is 250 g/mol. The van der Waals surface area contributed by atoms with E-state index in [0.29, 0.717) is 12.2 Å². The molecule has 20 heavy (non-hydrogen) atoms. The lowest BCUT2D eigenvalue weighted by Gasteiger charge is -1.91. The second-order valence-electron chi connectivity index (χ2n) is 4.46. The van der Waals surface area contributed by atoms with E-state index < -0.39 is 0 Å². The van der Waals surface area contributed by atoms with Gasteiger partial charge in [-0.3, -0.25) is 4.98 Å². The molecule has 1 aliphatic rings. The summed E-state index contributed by atoms with van der Waals surface area (Å²) in [5.41, 5.74) is 1.70. The number of rotatable bonds is 0. The summed E-state index contributed by atoms with van der Waals surface area (Å²) >= 11 is 0. The molecule has 1 aliphatic heterocycles. The van der Waals surface area contributed by atoms with Crippen molar-refractivity contribution in [1.29, 1.82) is 0 Å².